The molecule has 9 heteroatoms. The van der Waals surface area contributed by atoms with Gasteiger partial charge in [-0.3, -0.25) is 4.79 Å². The zero-order valence-corrected chi connectivity index (χ0v) is 48.9. The van der Waals surface area contributed by atoms with Crippen LogP contribution in [0.2, 0.25) is 0 Å². The lowest BCUT2D eigenvalue weighted by molar-refractivity contribution is -0.302. The summed E-state index contributed by atoms with van der Waals surface area (Å²) >= 11 is 0. The lowest BCUT2D eigenvalue weighted by Crippen LogP contribution is -2.60. The molecule has 1 saturated heterocycles. The van der Waals surface area contributed by atoms with Crippen LogP contribution in [-0.4, -0.2) is 87.5 Å². The largest absolute Gasteiger partial charge is 0.394 e. The van der Waals surface area contributed by atoms with Gasteiger partial charge in [-0.15, -0.1) is 0 Å². The van der Waals surface area contributed by atoms with Crippen LogP contribution >= 0.6 is 0 Å². The first-order valence-corrected chi connectivity index (χ1v) is 31.3. The van der Waals surface area contributed by atoms with Gasteiger partial charge in [-0.1, -0.05) is 257 Å². The number of unbranched alkanes of at least 4 members (excludes halogenated alkanes) is 24. The van der Waals surface area contributed by atoms with E-state index in [1.54, 1.807) is 6.08 Å². The number of allylic oxidation sites excluding steroid dienone is 19. The minimum absolute atomic E-state index is 0.195. The molecule has 1 heterocycles. The fraction of sp³-hybridized carbons (Fsp3) is 0.691. The highest BCUT2D eigenvalue weighted by atomic mass is 16.7. The molecular weight excluding hydrogens is 959 g/mol. The fourth-order valence-electron chi connectivity index (χ4n) is 9.11. The minimum Gasteiger partial charge on any atom is -0.394 e. The Balaban J connectivity index is 2.15. The number of rotatable bonds is 52. The molecule has 0 aromatic heterocycles. The molecule has 1 aliphatic rings. The molecule has 0 aromatic rings. The Morgan fingerprint density at radius 2 is 0.818 bits per heavy atom. The third-order valence-electron chi connectivity index (χ3n) is 14.0. The first-order chi connectivity index (χ1) is 37.8. The molecule has 7 atom stereocenters. The van der Waals surface area contributed by atoms with Crippen molar-refractivity contribution in [3.63, 3.8) is 0 Å². The fourth-order valence-corrected chi connectivity index (χ4v) is 9.11. The monoisotopic (exact) mass is 1070 g/mol. The van der Waals surface area contributed by atoms with Crippen molar-refractivity contribution < 1.29 is 39.8 Å². The molecule has 9 nitrogen and oxygen atoms in total. The van der Waals surface area contributed by atoms with E-state index >= 15 is 0 Å². The van der Waals surface area contributed by atoms with Crippen LogP contribution in [0.4, 0.5) is 0 Å². The molecule has 0 aliphatic carbocycles. The van der Waals surface area contributed by atoms with E-state index in [4.69, 9.17) is 9.47 Å². The molecule has 0 saturated carbocycles. The van der Waals surface area contributed by atoms with Crippen molar-refractivity contribution in [3.05, 3.63) is 122 Å². The van der Waals surface area contributed by atoms with Crippen LogP contribution in [0.25, 0.3) is 0 Å². The molecule has 440 valence electrons. The summed E-state index contributed by atoms with van der Waals surface area (Å²) in [6, 6.07) is -0.835. The van der Waals surface area contributed by atoms with Gasteiger partial charge in [0.1, 0.15) is 24.4 Å². The Morgan fingerprint density at radius 3 is 1.25 bits per heavy atom. The van der Waals surface area contributed by atoms with Gasteiger partial charge in [0.15, 0.2) is 6.29 Å². The minimum atomic E-state index is -1.58. The van der Waals surface area contributed by atoms with Crippen LogP contribution in [0.1, 0.15) is 245 Å². The van der Waals surface area contributed by atoms with E-state index in [1.807, 2.05) is 6.08 Å². The van der Waals surface area contributed by atoms with E-state index in [0.29, 0.717) is 6.42 Å². The van der Waals surface area contributed by atoms with E-state index in [0.717, 1.165) is 96.3 Å². The van der Waals surface area contributed by atoms with Crippen LogP contribution < -0.4 is 5.32 Å². The molecule has 1 aliphatic heterocycles. The number of ether oxygens (including phenoxy) is 2. The number of amides is 1. The summed E-state index contributed by atoms with van der Waals surface area (Å²) in [5, 5.41) is 54.5. The lowest BCUT2D eigenvalue weighted by atomic mass is 9.99. The molecular formula is C68H115NO8. The molecule has 0 aromatic carbocycles. The Hall–Kier alpha value is -3.41. The van der Waals surface area contributed by atoms with Crippen LogP contribution in [0.3, 0.4) is 0 Å². The second-order valence-electron chi connectivity index (χ2n) is 21.1. The van der Waals surface area contributed by atoms with E-state index in [1.165, 1.54) is 128 Å². The molecule has 1 rings (SSSR count). The zero-order valence-electron chi connectivity index (χ0n) is 48.9. The summed E-state index contributed by atoms with van der Waals surface area (Å²) in [6.07, 6.45) is 77.1. The van der Waals surface area contributed by atoms with Gasteiger partial charge in [0, 0.05) is 6.42 Å². The number of hydrogen-bond donors (Lipinski definition) is 6. The topological polar surface area (TPSA) is 149 Å². The smallest absolute Gasteiger partial charge is 0.220 e. The van der Waals surface area contributed by atoms with Crippen molar-refractivity contribution in [1.82, 2.24) is 5.32 Å². The van der Waals surface area contributed by atoms with E-state index in [9.17, 15) is 30.3 Å². The maximum atomic E-state index is 13.1. The lowest BCUT2D eigenvalue weighted by Gasteiger charge is -2.40. The standard InChI is InChI=1S/C68H115NO8/c1-3-5-7-9-11-13-15-17-19-21-22-23-24-25-26-27-28-29-30-31-32-33-34-35-36-37-38-39-40-42-44-46-48-50-52-54-56-58-64(72)69-61(60-76-68-67(75)66(74)65(73)63(59-70)77-68)62(71)57-55-53-51-49-47-45-43-41-20-18-16-14-12-10-8-6-4-2/h5,7,11,13,17,19-20,22-23,25-26,28-29,31-32,41,47,49,55,57,61-63,65-68,70-71,73-75H,3-4,6,8-10,12,14-16,18,21,24,27,30,33-40,42-46,48,50-54,56,58-60H2,1-2H3,(H,69,72)/b7-5-,13-11-,19-17-,23-22-,26-25-,29-28-,32-31-,41-20+,49-47+,57-55+. The van der Waals surface area contributed by atoms with Crippen molar-refractivity contribution in [2.75, 3.05) is 13.2 Å². The molecule has 77 heavy (non-hydrogen) atoms. The molecule has 0 spiro atoms. The highest BCUT2D eigenvalue weighted by molar-refractivity contribution is 5.76. The van der Waals surface area contributed by atoms with E-state index in [-0.39, 0.29) is 12.5 Å². The predicted octanol–water partition coefficient (Wildman–Crippen LogP) is 16.3. The molecule has 0 radical (unpaired) electrons. The van der Waals surface area contributed by atoms with E-state index in [2.05, 4.69) is 129 Å². The van der Waals surface area contributed by atoms with E-state index < -0.39 is 49.5 Å². The van der Waals surface area contributed by atoms with Gasteiger partial charge in [0.25, 0.3) is 0 Å². The molecule has 1 fully saturated rings. The van der Waals surface area contributed by atoms with Crippen molar-refractivity contribution in [1.29, 1.82) is 0 Å². The summed E-state index contributed by atoms with van der Waals surface area (Å²) in [5.41, 5.74) is 0. The van der Waals surface area contributed by atoms with Crippen LogP contribution in [0.5, 0.6) is 0 Å². The van der Waals surface area contributed by atoms with Gasteiger partial charge < -0.3 is 40.3 Å². The van der Waals surface area contributed by atoms with Gasteiger partial charge >= 0.3 is 0 Å². The Labute approximate surface area is 471 Å². The second kappa shape index (κ2) is 55.9. The zero-order chi connectivity index (χ0) is 55.8. The number of carbonyl (C=O) groups is 1. The average Bonchev–Trinajstić information content (AvgIpc) is 3.43. The summed E-state index contributed by atoms with van der Waals surface area (Å²) in [7, 11) is 0. The average molecular weight is 1070 g/mol. The Kier molecular flexibility index (Phi) is 52.0. The summed E-state index contributed by atoms with van der Waals surface area (Å²) in [6.45, 7) is 3.63. The summed E-state index contributed by atoms with van der Waals surface area (Å²) < 4.78 is 11.3. The van der Waals surface area contributed by atoms with Crippen molar-refractivity contribution >= 4 is 5.91 Å². The number of aliphatic hydroxyl groups excluding tert-OH is 5. The number of carbonyl (C=O) groups excluding carboxylic acids is 1. The molecule has 0 bridgehead atoms. The number of hydrogen-bond acceptors (Lipinski definition) is 8. The molecule has 1 amide bonds. The first kappa shape index (κ1) is 71.6. The van der Waals surface area contributed by atoms with Crippen LogP contribution in [0.15, 0.2) is 122 Å². The summed E-state index contributed by atoms with van der Waals surface area (Å²) in [4.78, 5) is 13.1. The van der Waals surface area contributed by atoms with Gasteiger partial charge in [-0.05, 0) is 103 Å². The number of nitrogens with one attached hydrogen (secondary N) is 1. The van der Waals surface area contributed by atoms with Gasteiger partial charge in [-0.25, -0.2) is 0 Å². The third kappa shape index (κ3) is 45.1. The normalized spacial score (nSPS) is 19.6. The van der Waals surface area contributed by atoms with Gasteiger partial charge in [-0.2, -0.15) is 0 Å². The van der Waals surface area contributed by atoms with Gasteiger partial charge in [0.2, 0.25) is 5.91 Å². The Morgan fingerprint density at radius 1 is 0.455 bits per heavy atom. The Bertz CT molecular complexity index is 1620. The van der Waals surface area contributed by atoms with Crippen LogP contribution in [-0.2, 0) is 14.3 Å². The van der Waals surface area contributed by atoms with Crippen molar-refractivity contribution in [2.24, 2.45) is 0 Å². The highest BCUT2D eigenvalue weighted by Gasteiger charge is 2.44. The molecule has 6 N–H and O–H groups in total. The highest BCUT2D eigenvalue weighted by Crippen LogP contribution is 2.23. The van der Waals surface area contributed by atoms with Gasteiger partial charge in [0.05, 0.1) is 25.4 Å². The maximum Gasteiger partial charge on any atom is 0.220 e. The SMILES string of the molecule is CC/C=C\C/C=C\C/C=C\C/C=C\C/C=C\C/C=C\C/C=C\CCCCCCCCCCCCCCCCCC(=O)NC(COC1OC(CO)C(O)C(O)C1O)C(O)/C=C/CC/C=C/CC/C=C/CCCCCCCCC. The van der Waals surface area contributed by atoms with Crippen molar-refractivity contribution in [2.45, 2.75) is 288 Å². The predicted molar refractivity (Wildman–Crippen MR) is 327 cm³/mol. The molecule has 7 unspecified atom stereocenters. The maximum absolute atomic E-state index is 13.1. The quantitative estimate of drug-likeness (QED) is 0.0261. The van der Waals surface area contributed by atoms with Crippen molar-refractivity contribution in [3.8, 4) is 0 Å². The number of aliphatic hydroxyl groups is 5. The third-order valence-corrected chi connectivity index (χ3v) is 14.0. The first-order valence-electron chi connectivity index (χ1n) is 31.3. The second-order valence-corrected chi connectivity index (χ2v) is 21.1. The summed E-state index contributed by atoms with van der Waals surface area (Å²) in [5.74, 6) is -0.195. The van der Waals surface area contributed by atoms with Crippen LogP contribution in [0, 0.1) is 0 Å².